The highest BCUT2D eigenvalue weighted by molar-refractivity contribution is 9.10. The van der Waals surface area contributed by atoms with E-state index in [0.29, 0.717) is 9.60 Å². The maximum Gasteiger partial charge on any atom is 0.203 e. The van der Waals surface area contributed by atoms with Crippen LogP contribution in [0.15, 0.2) is 27.1 Å². The smallest absolute Gasteiger partial charge is 0.203 e. The first-order chi connectivity index (χ1) is 8.56. The second kappa shape index (κ2) is 5.45. The van der Waals surface area contributed by atoms with Crippen LogP contribution in [0.5, 0.6) is 5.75 Å². The molecule has 1 heterocycles. The number of aromatic nitrogens is 1. The van der Waals surface area contributed by atoms with Gasteiger partial charge in [0.05, 0.1) is 16.4 Å². The van der Waals surface area contributed by atoms with E-state index in [0.717, 1.165) is 11.8 Å². The summed E-state index contributed by atoms with van der Waals surface area (Å²) < 4.78 is 13.9. The van der Waals surface area contributed by atoms with Crippen molar-refractivity contribution in [2.45, 2.75) is 6.92 Å². The van der Waals surface area contributed by atoms with Crippen LogP contribution >= 0.6 is 27.3 Å². The summed E-state index contributed by atoms with van der Waals surface area (Å²) in [6.45, 7) is 1.88. The molecular weight excluding hydrogens is 321 g/mol. The molecule has 0 unspecified atom stereocenters. The van der Waals surface area contributed by atoms with Crippen molar-refractivity contribution in [3.8, 4) is 5.75 Å². The van der Waals surface area contributed by atoms with Crippen molar-refractivity contribution in [2.24, 2.45) is 5.10 Å². The largest absolute Gasteiger partial charge is 0.507 e. The van der Waals surface area contributed by atoms with Gasteiger partial charge in [-0.1, -0.05) is 0 Å². The van der Waals surface area contributed by atoms with E-state index < -0.39 is 5.82 Å². The standard InChI is InChI=1S/C11H9BrFN3OS/c1-6-5-18-11(15-6)16-14-4-7-2-8(12)10(17)3-9(7)13/h2-5,17H,1H3,(H,15,16). The van der Waals surface area contributed by atoms with E-state index in [1.807, 2.05) is 12.3 Å². The molecule has 7 heteroatoms. The molecule has 94 valence electrons. The van der Waals surface area contributed by atoms with Crippen LogP contribution in [-0.4, -0.2) is 16.3 Å². The maximum absolute atomic E-state index is 13.4. The lowest BCUT2D eigenvalue weighted by Crippen LogP contribution is -1.93. The fraction of sp³-hybridized carbons (Fsp3) is 0.0909. The molecule has 0 radical (unpaired) electrons. The molecule has 0 aliphatic heterocycles. The van der Waals surface area contributed by atoms with Crippen LogP contribution in [0.1, 0.15) is 11.3 Å². The Morgan fingerprint density at radius 1 is 1.56 bits per heavy atom. The summed E-state index contributed by atoms with van der Waals surface area (Å²) >= 11 is 4.53. The molecule has 1 aromatic carbocycles. The Bertz CT molecular complexity index is 600. The first-order valence-electron chi connectivity index (χ1n) is 4.95. The van der Waals surface area contributed by atoms with E-state index in [1.54, 1.807) is 0 Å². The third kappa shape index (κ3) is 3.05. The van der Waals surface area contributed by atoms with Crippen molar-refractivity contribution in [1.82, 2.24) is 4.98 Å². The Balaban J connectivity index is 2.11. The number of hydrogen-bond acceptors (Lipinski definition) is 5. The summed E-state index contributed by atoms with van der Waals surface area (Å²) in [5.74, 6) is -0.690. The summed E-state index contributed by atoms with van der Waals surface area (Å²) in [7, 11) is 0. The molecule has 0 spiro atoms. The summed E-state index contributed by atoms with van der Waals surface area (Å²) in [6.07, 6.45) is 1.33. The van der Waals surface area contributed by atoms with Gasteiger partial charge >= 0.3 is 0 Å². The average molecular weight is 330 g/mol. The minimum atomic E-state index is -0.545. The molecule has 18 heavy (non-hydrogen) atoms. The number of hydrogen-bond donors (Lipinski definition) is 2. The molecule has 4 nitrogen and oxygen atoms in total. The minimum Gasteiger partial charge on any atom is -0.507 e. The van der Waals surface area contributed by atoms with Crippen LogP contribution in [0.25, 0.3) is 0 Å². The van der Waals surface area contributed by atoms with Crippen molar-refractivity contribution >= 4 is 38.6 Å². The fourth-order valence-electron chi connectivity index (χ4n) is 1.21. The molecule has 0 amide bonds. The van der Waals surface area contributed by atoms with E-state index in [1.165, 1.54) is 23.6 Å². The van der Waals surface area contributed by atoms with Crippen molar-refractivity contribution < 1.29 is 9.50 Å². The van der Waals surface area contributed by atoms with Gasteiger partial charge in [-0.15, -0.1) is 11.3 Å². The van der Waals surface area contributed by atoms with Crippen molar-refractivity contribution in [3.63, 3.8) is 0 Å². The normalized spacial score (nSPS) is 11.1. The van der Waals surface area contributed by atoms with Gasteiger partial charge in [0, 0.05) is 17.0 Å². The fourth-order valence-corrected chi connectivity index (χ4v) is 2.21. The van der Waals surface area contributed by atoms with E-state index in [2.05, 4.69) is 31.4 Å². The third-order valence-electron chi connectivity index (χ3n) is 2.05. The summed E-state index contributed by atoms with van der Waals surface area (Å²) in [5, 5.41) is 15.7. The molecule has 0 fully saturated rings. The lowest BCUT2D eigenvalue weighted by atomic mass is 10.2. The van der Waals surface area contributed by atoms with Crippen molar-refractivity contribution in [2.75, 3.05) is 5.43 Å². The number of phenols is 1. The number of halogens is 2. The number of aryl methyl sites for hydroxylation is 1. The van der Waals surface area contributed by atoms with Gasteiger partial charge in [-0.25, -0.2) is 9.37 Å². The van der Waals surface area contributed by atoms with Gasteiger partial charge in [0.25, 0.3) is 0 Å². The molecule has 0 atom stereocenters. The Morgan fingerprint density at radius 3 is 3.00 bits per heavy atom. The molecule has 0 aliphatic carbocycles. The molecule has 2 aromatic rings. The molecule has 1 aromatic heterocycles. The SMILES string of the molecule is Cc1csc(NN=Cc2cc(Br)c(O)cc2F)n1. The number of rotatable bonds is 3. The quantitative estimate of drug-likeness (QED) is 0.669. The minimum absolute atomic E-state index is 0.145. The second-order valence-electron chi connectivity index (χ2n) is 3.49. The average Bonchev–Trinajstić information content (AvgIpc) is 2.71. The third-order valence-corrected chi connectivity index (χ3v) is 3.55. The lowest BCUT2D eigenvalue weighted by Gasteiger charge is -2.00. The maximum atomic E-state index is 13.4. The summed E-state index contributed by atoms with van der Waals surface area (Å²) in [4.78, 5) is 4.15. The topological polar surface area (TPSA) is 57.5 Å². The highest BCUT2D eigenvalue weighted by atomic mass is 79.9. The molecule has 2 rings (SSSR count). The summed E-state index contributed by atoms with van der Waals surface area (Å²) in [6, 6.07) is 2.47. The summed E-state index contributed by atoms with van der Waals surface area (Å²) in [5.41, 5.74) is 3.87. The Morgan fingerprint density at radius 2 is 2.33 bits per heavy atom. The van der Waals surface area contributed by atoms with Crippen LogP contribution in [0.3, 0.4) is 0 Å². The number of anilines is 1. The monoisotopic (exact) mass is 329 g/mol. The second-order valence-corrected chi connectivity index (χ2v) is 5.20. The molecule has 0 bridgehead atoms. The lowest BCUT2D eigenvalue weighted by molar-refractivity contribution is 0.465. The van der Waals surface area contributed by atoms with Gasteiger partial charge in [0.2, 0.25) is 5.13 Å². The van der Waals surface area contributed by atoms with Crippen molar-refractivity contribution in [3.05, 3.63) is 39.1 Å². The van der Waals surface area contributed by atoms with Crippen LogP contribution in [-0.2, 0) is 0 Å². The van der Waals surface area contributed by atoms with Gasteiger partial charge < -0.3 is 5.11 Å². The zero-order chi connectivity index (χ0) is 13.1. The predicted octanol–water partition coefficient (Wildman–Crippen LogP) is 3.50. The molecular formula is C11H9BrFN3OS. The van der Waals surface area contributed by atoms with Crippen LogP contribution in [0, 0.1) is 12.7 Å². The number of aromatic hydroxyl groups is 1. The number of phenolic OH excluding ortho intramolecular Hbond substituents is 1. The zero-order valence-electron chi connectivity index (χ0n) is 9.32. The number of nitrogens with zero attached hydrogens (tertiary/aromatic N) is 2. The van der Waals surface area contributed by atoms with Gasteiger partial charge in [-0.2, -0.15) is 5.10 Å². The zero-order valence-corrected chi connectivity index (χ0v) is 11.7. The number of benzene rings is 1. The number of thiazole rings is 1. The Kier molecular flexibility index (Phi) is 3.93. The molecule has 0 saturated carbocycles. The predicted molar refractivity (Wildman–Crippen MR) is 73.8 cm³/mol. The Hall–Kier alpha value is -1.47. The molecule has 0 aliphatic rings. The Labute approximate surface area is 115 Å². The van der Waals surface area contributed by atoms with Gasteiger partial charge in [-0.05, 0) is 28.9 Å². The number of nitrogens with one attached hydrogen (secondary N) is 1. The number of hydrazone groups is 1. The highest BCUT2D eigenvalue weighted by Crippen LogP contribution is 2.26. The highest BCUT2D eigenvalue weighted by Gasteiger charge is 2.05. The van der Waals surface area contributed by atoms with E-state index in [-0.39, 0.29) is 11.3 Å². The molecule has 0 saturated heterocycles. The van der Waals surface area contributed by atoms with Gasteiger partial charge in [-0.3, -0.25) is 5.43 Å². The van der Waals surface area contributed by atoms with Gasteiger partial charge in [0.15, 0.2) is 0 Å². The first-order valence-corrected chi connectivity index (χ1v) is 6.63. The van der Waals surface area contributed by atoms with Crippen LogP contribution in [0.4, 0.5) is 9.52 Å². The first kappa shape index (κ1) is 13.0. The van der Waals surface area contributed by atoms with E-state index >= 15 is 0 Å². The van der Waals surface area contributed by atoms with E-state index in [4.69, 9.17) is 0 Å². The van der Waals surface area contributed by atoms with Crippen molar-refractivity contribution in [1.29, 1.82) is 0 Å². The van der Waals surface area contributed by atoms with Gasteiger partial charge in [0.1, 0.15) is 11.6 Å². The molecule has 2 N–H and O–H groups in total. The van der Waals surface area contributed by atoms with Crippen LogP contribution < -0.4 is 5.43 Å². The van der Waals surface area contributed by atoms with E-state index in [9.17, 15) is 9.50 Å². The van der Waals surface area contributed by atoms with Crippen LogP contribution in [0.2, 0.25) is 0 Å².